The molecule has 2 fully saturated rings. The van der Waals surface area contributed by atoms with Gasteiger partial charge < -0.3 is 9.47 Å². The van der Waals surface area contributed by atoms with Crippen LogP contribution in [-0.4, -0.2) is 31.0 Å². The zero-order valence-electron chi connectivity index (χ0n) is 20.5. The topological polar surface area (TPSA) is 65.5 Å². The lowest BCUT2D eigenvalue weighted by molar-refractivity contribution is 0.181. The second kappa shape index (κ2) is 8.87. The third kappa shape index (κ3) is 4.49. The second-order valence-electron chi connectivity index (χ2n) is 10.5. The van der Waals surface area contributed by atoms with Gasteiger partial charge in [0.1, 0.15) is 24.3 Å². The zero-order chi connectivity index (χ0) is 25.0. The Balaban J connectivity index is 1.14. The van der Waals surface area contributed by atoms with E-state index in [1.165, 1.54) is 17.2 Å². The Hall–Kier alpha value is -2.93. The molecule has 7 heteroatoms. The minimum Gasteiger partial charge on any atom is -0.489 e. The van der Waals surface area contributed by atoms with Crippen LogP contribution in [0.4, 0.5) is 4.39 Å². The van der Waals surface area contributed by atoms with Crippen LogP contribution in [0.3, 0.4) is 0 Å². The average molecular weight is 508 g/mol. The summed E-state index contributed by atoms with van der Waals surface area (Å²) >= 11 is 0. The fourth-order valence-electron chi connectivity index (χ4n) is 5.88. The van der Waals surface area contributed by atoms with Gasteiger partial charge in [-0.1, -0.05) is 19.1 Å². The molecular weight excluding hydrogens is 477 g/mol. The molecule has 2 aromatic carbocycles. The Morgan fingerprint density at radius 1 is 1.06 bits per heavy atom. The van der Waals surface area contributed by atoms with E-state index in [2.05, 4.69) is 24.0 Å². The van der Waals surface area contributed by atoms with Gasteiger partial charge in [-0.25, -0.2) is 17.8 Å². The van der Waals surface area contributed by atoms with Crippen molar-refractivity contribution in [2.45, 2.75) is 51.7 Å². The lowest BCUT2D eigenvalue weighted by Crippen LogP contribution is -2.30. The fourth-order valence-corrected chi connectivity index (χ4v) is 7.33. The summed E-state index contributed by atoms with van der Waals surface area (Å²) in [5.41, 5.74) is 5.83. The maximum atomic E-state index is 14.6. The maximum absolute atomic E-state index is 14.6. The molecular formula is C29H30FNO4S. The minimum atomic E-state index is -2.94. The summed E-state index contributed by atoms with van der Waals surface area (Å²) in [5.74, 6) is 3.57. The van der Waals surface area contributed by atoms with Crippen molar-refractivity contribution < 1.29 is 22.3 Å². The summed E-state index contributed by atoms with van der Waals surface area (Å²) in [6.45, 7) is 4.37. The largest absolute Gasteiger partial charge is 0.489 e. The number of hydrogen-bond donors (Lipinski definition) is 0. The smallest absolute Gasteiger partial charge is 0.213 e. The molecule has 3 aromatic rings. The van der Waals surface area contributed by atoms with E-state index < -0.39 is 9.84 Å². The molecule has 1 aliphatic heterocycles. The Labute approximate surface area is 211 Å². The predicted molar refractivity (Wildman–Crippen MR) is 137 cm³/mol. The third-order valence-corrected chi connectivity index (χ3v) is 9.81. The number of sulfone groups is 1. The molecule has 3 atom stereocenters. The molecule has 0 unspecified atom stereocenters. The highest BCUT2D eigenvalue weighted by Gasteiger charge is 2.52. The lowest BCUT2D eigenvalue weighted by Gasteiger charge is -2.23. The van der Waals surface area contributed by atoms with Crippen molar-refractivity contribution in [2.24, 2.45) is 11.8 Å². The van der Waals surface area contributed by atoms with Gasteiger partial charge in [-0.15, -0.1) is 0 Å². The fraction of sp³-hybridized carbons (Fsp3) is 0.414. The van der Waals surface area contributed by atoms with Crippen LogP contribution in [0.25, 0.3) is 11.1 Å². The standard InChI is InChI=1S/C29H30FNO4S/c1-17-26-15-20-14-23(4-5-25(20)29(17)26)34-16-21-13-19(3-7-27(21)30)24-6-8-28(31-18(24)2)35-22-9-11-36(32,33)12-10-22/h3-8,13-14,17,22,26,29H,9-12,15-16H2,1-2H3/t17-,26-,29-/m0/s1. The number of aryl methyl sites for hydroxylation is 1. The first-order valence-corrected chi connectivity index (χ1v) is 14.5. The van der Waals surface area contributed by atoms with E-state index in [9.17, 15) is 12.8 Å². The van der Waals surface area contributed by atoms with Crippen LogP contribution in [0.2, 0.25) is 0 Å². The summed E-state index contributed by atoms with van der Waals surface area (Å²) in [7, 11) is -2.94. The SMILES string of the molecule is Cc1nc(OC2CCS(=O)(=O)CC2)ccc1-c1ccc(F)c(COc2ccc3c(c2)C[C@H]2[C@H](C)[C@@H]32)c1. The molecule has 6 rings (SSSR count). The molecule has 1 saturated carbocycles. The highest BCUT2D eigenvalue weighted by atomic mass is 32.2. The Bertz CT molecular complexity index is 1420. The summed E-state index contributed by atoms with van der Waals surface area (Å²) in [6.07, 6.45) is 1.94. The van der Waals surface area contributed by atoms with Crippen molar-refractivity contribution >= 4 is 9.84 Å². The maximum Gasteiger partial charge on any atom is 0.213 e. The van der Waals surface area contributed by atoms with E-state index in [1.807, 2.05) is 25.1 Å². The Kier molecular flexibility index (Phi) is 5.78. The van der Waals surface area contributed by atoms with Gasteiger partial charge >= 0.3 is 0 Å². The molecule has 0 radical (unpaired) electrons. The first-order valence-electron chi connectivity index (χ1n) is 12.7. The number of hydrogen-bond acceptors (Lipinski definition) is 5. The molecule has 188 valence electrons. The van der Waals surface area contributed by atoms with Crippen molar-refractivity contribution in [3.63, 3.8) is 0 Å². The molecule has 2 heterocycles. The number of rotatable bonds is 6. The number of ether oxygens (including phenoxy) is 2. The van der Waals surface area contributed by atoms with Gasteiger partial charge in [0, 0.05) is 22.9 Å². The number of aromatic nitrogens is 1. The molecule has 5 nitrogen and oxygen atoms in total. The van der Waals surface area contributed by atoms with E-state index in [4.69, 9.17) is 9.47 Å². The molecule has 1 aromatic heterocycles. The molecule has 0 N–H and O–H groups in total. The van der Waals surface area contributed by atoms with Crippen molar-refractivity contribution in [1.29, 1.82) is 0 Å². The Morgan fingerprint density at radius 2 is 1.86 bits per heavy atom. The van der Waals surface area contributed by atoms with Gasteiger partial charge in [0.2, 0.25) is 5.88 Å². The van der Waals surface area contributed by atoms with Gasteiger partial charge in [0.15, 0.2) is 9.84 Å². The van der Waals surface area contributed by atoms with E-state index in [1.54, 1.807) is 12.1 Å². The van der Waals surface area contributed by atoms with Crippen LogP contribution in [0.1, 0.15) is 48.1 Å². The number of halogens is 1. The minimum absolute atomic E-state index is 0.144. The molecule has 36 heavy (non-hydrogen) atoms. The zero-order valence-corrected chi connectivity index (χ0v) is 21.4. The van der Waals surface area contributed by atoms with Crippen molar-refractivity contribution in [1.82, 2.24) is 4.98 Å². The van der Waals surface area contributed by atoms with Crippen molar-refractivity contribution in [2.75, 3.05) is 11.5 Å². The predicted octanol–water partition coefficient (Wildman–Crippen LogP) is 5.64. The third-order valence-electron chi connectivity index (χ3n) is 8.09. The first kappa shape index (κ1) is 23.5. The van der Waals surface area contributed by atoms with Crippen molar-refractivity contribution in [3.05, 3.63) is 76.7 Å². The van der Waals surface area contributed by atoms with Crippen molar-refractivity contribution in [3.8, 4) is 22.8 Å². The van der Waals surface area contributed by atoms with E-state index in [0.29, 0.717) is 24.3 Å². The summed E-state index contributed by atoms with van der Waals surface area (Å²) in [6, 6.07) is 15.0. The summed E-state index contributed by atoms with van der Waals surface area (Å²) in [4.78, 5) is 4.58. The number of benzene rings is 2. The van der Waals surface area contributed by atoms with Gasteiger partial charge in [0.05, 0.1) is 11.5 Å². The normalized spacial score (nSPS) is 24.1. The number of fused-ring (bicyclic) bond motifs is 3. The molecule has 2 aliphatic carbocycles. The monoisotopic (exact) mass is 507 g/mol. The highest BCUT2D eigenvalue weighted by molar-refractivity contribution is 7.91. The van der Waals surface area contributed by atoms with E-state index in [-0.39, 0.29) is 30.0 Å². The van der Waals surface area contributed by atoms with Gasteiger partial charge in [-0.2, -0.15) is 0 Å². The molecule has 1 saturated heterocycles. The average Bonchev–Trinajstić information content (AvgIpc) is 3.30. The van der Waals surface area contributed by atoms with Crippen LogP contribution in [0.5, 0.6) is 11.6 Å². The summed E-state index contributed by atoms with van der Waals surface area (Å²) in [5, 5.41) is 0. The summed E-state index contributed by atoms with van der Waals surface area (Å²) < 4.78 is 49.9. The van der Waals surface area contributed by atoms with Crippen LogP contribution in [-0.2, 0) is 22.9 Å². The number of pyridine rings is 1. The number of nitrogens with zero attached hydrogens (tertiary/aromatic N) is 1. The van der Waals surface area contributed by atoms with Crippen LogP contribution < -0.4 is 9.47 Å². The second-order valence-corrected chi connectivity index (χ2v) is 12.8. The molecule has 0 bridgehead atoms. The lowest BCUT2D eigenvalue weighted by atomic mass is 10.0. The molecule has 3 aliphatic rings. The first-order chi connectivity index (χ1) is 17.3. The van der Waals surface area contributed by atoms with Gasteiger partial charge in [-0.05, 0) is 91.0 Å². The van der Waals surface area contributed by atoms with Gasteiger partial charge in [0.25, 0.3) is 0 Å². The van der Waals surface area contributed by atoms with Gasteiger partial charge in [-0.3, -0.25) is 0 Å². The van der Waals surface area contributed by atoms with Crippen LogP contribution in [0.15, 0.2) is 48.5 Å². The van der Waals surface area contributed by atoms with E-state index >= 15 is 0 Å². The Morgan fingerprint density at radius 3 is 2.64 bits per heavy atom. The highest BCUT2D eigenvalue weighted by Crippen LogP contribution is 2.61. The quantitative estimate of drug-likeness (QED) is 0.432. The van der Waals surface area contributed by atoms with E-state index in [0.717, 1.165) is 46.7 Å². The van der Waals surface area contributed by atoms with Crippen LogP contribution in [0, 0.1) is 24.6 Å². The molecule has 0 spiro atoms. The molecule has 0 amide bonds. The van der Waals surface area contributed by atoms with Crippen LogP contribution >= 0.6 is 0 Å².